The first-order valence-corrected chi connectivity index (χ1v) is 6.23. The largest absolute Gasteiger partial charge is 0.494 e. The van der Waals surface area contributed by atoms with E-state index in [1.807, 2.05) is 0 Å². The third-order valence-corrected chi connectivity index (χ3v) is 3.38. The maximum Gasteiger partial charge on any atom is 0.407 e. The summed E-state index contributed by atoms with van der Waals surface area (Å²) in [6.07, 6.45) is -2.63. The molecule has 1 aromatic rings. The van der Waals surface area contributed by atoms with E-state index >= 15 is 0 Å². The average molecular weight is 286 g/mol. The van der Waals surface area contributed by atoms with Gasteiger partial charge in [0.05, 0.1) is 7.11 Å². The van der Waals surface area contributed by atoms with E-state index in [0.717, 1.165) is 0 Å². The van der Waals surface area contributed by atoms with E-state index < -0.39 is 18.2 Å². The Morgan fingerprint density at radius 2 is 2.00 bits per heavy atom. The molecule has 1 aliphatic heterocycles. The number of methoxy groups -OCH3 is 1. The van der Waals surface area contributed by atoms with Gasteiger partial charge in [-0.2, -0.15) is 0 Å². The van der Waals surface area contributed by atoms with E-state index in [9.17, 15) is 13.6 Å². The Kier molecular flexibility index (Phi) is 4.39. The van der Waals surface area contributed by atoms with E-state index in [1.165, 1.54) is 35.1 Å². The number of hydrogen-bond acceptors (Lipinski definition) is 3. The van der Waals surface area contributed by atoms with Crippen molar-refractivity contribution in [1.82, 2.24) is 9.80 Å². The number of rotatable bonds is 3. The highest BCUT2D eigenvalue weighted by Crippen LogP contribution is 2.30. The van der Waals surface area contributed by atoms with Crippen LogP contribution >= 0.6 is 0 Å². The number of halogens is 2. The van der Waals surface area contributed by atoms with Crippen LogP contribution < -0.4 is 4.74 Å². The molecule has 1 heterocycles. The third-order valence-electron chi connectivity index (χ3n) is 3.38. The summed E-state index contributed by atoms with van der Waals surface area (Å²) in [6.45, 7) is 0.872. The van der Waals surface area contributed by atoms with Gasteiger partial charge in [0.1, 0.15) is 0 Å². The lowest BCUT2D eigenvalue weighted by atomic mass is 10.1. The molecule has 110 valence electrons. The fourth-order valence-electron chi connectivity index (χ4n) is 2.21. The highest BCUT2D eigenvalue weighted by Gasteiger charge is 2.29. The molecular formula is C13H16F2N2O3. The standard InChI is InChI=1S/C13H16F2N2O3/c1-20-10-4-2-3-9(11(10)14)12(15)16-5-7-17(8-6-16)13(18)19/h2-4,12H,5-8H2,1H3,(H,18,19). The second-order valence-electron chi connectivity index (χ2n) is 4.50. The zero-order valence-electron chi connectivity index (χ0n) is 11.1. The Balaban J connectivity index is 2.09. The molecule has 1 aliphatic rings. The van der Waals surface area contributed by atoms with Gasteiger partial charge in [0, 0.05) is 31.7 Å². The molecule has 2 rings (SSSR count). The molecule has 7 heteroatoms. The van der Waals surface area contributed by atoms with Crippen molar-refractivity contribution in [2.24, 2.45) is 0 Å². The van der Waals surface area contributed by atoms with E-state index in [2.05, 4.69) is 0 Å². The summed E-state index contributed by atoms with van der Waals surface area (Å²) in [5.74, 6) is -0.725. The normalized spacial score (nSPS) is 17.9. The molecule has 1 saturated heterocycles. The van der Waals surface area contributed by atoms with Crippen molar-refractivity contribution in [1.29, 1.82) is 0 Å². The average Bonchev–Trinajstić information content (AvgIpc) is 2.47. The van der Waals surface area contributed by atoms with Gasteiger partial charge < -0.3 is 14.7 Å². The summed E-state index contributed by atoms with van der Waals surface area (Å²) in [6, 6.07) is 4.32. The first kappa shape index (κ1) is 14.5. The number of amides is 1. The molecule has 20 heavy (non-hydrogen) atoms. The quantitative estimate of drug-likeness (QED) is 0.865. The van der Waals surface area contributed by atoms with Crippen molar-refractivity contribution in [2.75, 3.05) is 33.3 Å². The van der Waals surface area contributed by atoms with Gasteiger partial charge in [-0.05, 0) is 6.07 Å². The van der Waals surface area contributed by atoms with Gasteiger partial charge >= 0.3 is 6.09 Å². The van der Waals surface area contributed by atoms with Crippen LogP contribution in [-0.4, -0.2) is 54.3 Å². The maximum atomic E-state index is 14.4. The van der Waals surface area contributed by atoms with Crippen molar-refractivity contribution in [3.63, 3.8) is 0 Å². The Morgan fingerprint density at radius 1 is 1.35 bits per heavy atom. The molecule has 1 aromatic carbocycles. The minimum absolute atomic E-state index is 0.00526. The molecular weight excluding hydrogens is 270 g/mol. The van der Waals surface area contributed by atoms with Gasteiger partial charge in [-0.25, -0.2) is 13.6 Å². The van der Waals surface area contributed by atoms with Crippen LogP contribution in [-0.2, 0) is 0 Å². The molecule has 0 aliphatic carbocycles. The smallest absolute Gasteiger partial charge is 0.407 e. The van der Waals surface area contributed by atoms with E-state index in [4.69, 9.17) is 9.84 Å². The Labute approximate surface area is 115 Å². The first-order chi connectivity index (χ1) is 9.54. The van der Waals surface area contributed by atoms with Gasteiger partial charge in [-0.15, -0.1) is 0 Å². The van der Waals surface area contributed by atoms with Gasteiger partial charge in [-0.1, -0.05) is 12.1 Å². The fraction of sp³-hybridized carbons (Fsp3) is 0.462. The fourth-order valence-corrected chi connectivity index (χ4v) is 2.21. The number of piperazine rings is 1. The highest BCUT2D eigenvalue weighted by atomic mass is 19.1. The Bertz CT molecular complexity index is 491. The van der Waals surface area contributed by atoms with Crippen LogP contribution in [0.15, 0.2) is 18.2 Å². The van der Waals surface area contributed by atoms with Crippen molar-refractivity contribution < 1.29 is 23.4 Å². The monoisotopic (exact) mass is 286 g/mol. The predicted molar refractivity (Wildman–Crippen MR) is 68.0 cm³/mol. The number of carbonyl (C=O) groups is 1. The molecule has 0 saturated carbocycles. The number of ether oxygens (including phenoxy) is 1. The third kappa shape index (κ3) is 2.82. The molecule has 1 amide bonds. The number of benzene rings is 1. The van der Waals surface area contributed by atoms with Crippen LogP contribution in [0.4, 0.5) is 13.6 Å². The maximum absolute atomic E-state index is 14.4. The van der Waals surface area contributed by atoms with E-state index in [1.54, 1.807) is 0 Å². The zero-order chi connectivity index (χ0) is 14.7. The van der Waals surface area contributed by atoms with Gasteiger partial charge in [0.2, 0.25) is 0 Å². The summed E-state index contributed by atoms with van der Waals surface area (Å²) in [5.41, 5.74) is -0.0897. The molecule has 1 N–H and O–H groups in total. The van der Waals surface area contributed by atoms with Gasteiger partial charge in [0.15, 0.2) is 17.9 Å². The predicted octanol–water partition coefficient (Wildman–Crippen LogP) is 2.10. The van der Waals surface area contributed by atoms with Crippen LogP contribution in [0.3, 0.4) is 0 Å². The minimum Gasteiger partial charge on any atom is -0.494 e. The molecule has 1 unspecified atom stereocenters. The van der Waals surface area contributed by atoms with Gasteiger partial charge in [0.25, 0.3) is 0 Å². The summed E-state index contributed by atoms with van der Waals surface area (Å²) in [5, 5.41) is 8.83. The van der Waals surface area contributed by atoms with Crippen LogP contribution in [0.1, 0.15) is 11.9 Å². The second kappa shape index (κ2) is 6.04. The molecule has 1 fully saturated rings. The Hall–Kier alpha value is -1.89. The van der Waals surface area contributed by atoms with E-state index in [-0.39, 0.29) is 37.5 Å². The summed E-state index contributed by atoms with van der Waals surface area (Å²) in [7, 11) is 1.32. The van der Waals surface area contributed by atoms with Crippen LogP contribution in [0.5, 0.6) is 5.75 Å². The molecule has 0 radical (unpaired) electrons. The van der Waals surface area contributed by atoms with Crippen molar-refractivity contribution in [2.45, 2.75) is 6.30 Å². The first-order valence-electron chi connectivity index (χ1n) is 6.23. The van der Waals surface area contributed by atoms with Crippen LogP contribution in [0.2, 0.25) is 0 Å². The van der Waals surface area contributed by atoms with Crippen molar-refractivity contribution >= 4 is 6.09 Å². The van der Waals surface area contributed by atoms with Gasteiger partial charge in [-0.3, -0.25) is 4.90 Å². The minimum atomic E-state index is -1.61. The summed E-state index contributed by atoms with van der Waals surface area (Å²) in [4.78, 5) is 13.4. The Morgan fingerprint density at radius 3 is 2.55 bits per heavy atom. The van der Waals surface area contributed by atoms with Crippen molar-refractivity contribution in [3.05, 3.63) is 29.6 Å². The number of hydrogen-bond donors (Lipinski definition) is 1. The lowest BCUT2D eigenvalue weighted by Crippen LogP contribution is -2.48. The zero-order valence-corrected chi connectivity index (χ0v) is 11.1. The molecule has 0 aromatic heterocycles. The number of alkyl halides is 1. The molecule has 1 atom stereocenters. The van der Waals surface area contributed by atoms with Crippen LogP contribution in [0, 0.1) is 5.82 Å². The lowest BCUT2D eigenvalue weighted by Gasteiger charge is -2.35. The summed E-state index contributed by atoms with van der Waals surface area (Å²) < 4.78 is 33.2. The van der Waals surface area contributed by atoms with Crippen molar-refractivity contribution in [3.8, 4) is 5.75 Å². The number of carboxylic acid groups (broad SMARTS) is 1. The molecule has 0 bridgehead atoms. The van der Waals surface area contributed by atoms with Crippen LogP contribution in [0.25, 0.3) is 0 Å². The second-order valence-corrected chi connectivity index (χ2v) is 4.50. The lowest BCUT2D eigenvalue weighted by molar-refractivity contribution is 0.0303. The SMILES string of the molecule is COc1cccc(C(F)N2CCN(C(=O)O)CC2)c1F. The highest BCUT2D eigenvalue weighted by molar-refractivity contribution is 5.65. The molecule has 0 spiro atoms. The molecule has 5 nitrogen and oxygen atoms in total. The topological polar surface area (TPSA) is 53.0 Å². The number of nitrogens with zero attached hydrogens (tertiary/aromatic N) is 2. The van der Waals surface area contributed by atoms with E-state index in [0.29, 0.717) is 0 Å². The summed E-state index contributed by atoms with van der Waals surface area (Å²) >= 11 is 0.